The Bertz CT molecular complexity index is 601. The molecule has 6 heteroatoms. The van der Waals surface area contributed by atoms with Gasteiger partial charge in [0.25, 0.3) is 0 Å². The Balaban J connectivity index is 1.50. The van der Waals surface area contributed by atoms with Crippen LogP contribution in [0.3, 0.4) is 0 Å². The van der Waals surface area contributed by atoms with Crippen LogP contribution in [0.5, 0.6) is 0 Å². The van der Waals surface area contributed by atoms with Crippen molar-refractivity contribution >= 4 is 0 Å². The smallest absolute Gasteiger partial charge is 0.190 e. The Morgan fingerprint density at radius 2 is 1.72 bits per heavy atom. The van der Waals surface area contributed by atoms with E-state index in [4.69, 9.17) is 28.4 Å². The summed E-state index contributed by atoms with van der Waals surface area (Å²) < 4.78 is 36.0. The largest absolute Gasteiger partial charge is 0.368 e. The molecule has 0 saturated carbocycles. The highest BCUT2D eigenvalue weighted by Gasteiger charge is 2.58. The van der Waals surface area contributed by atoms with Crippen molar-refractivity contribution in [1.82, 2.24) is 0 Å². The molecule has 1 aromatic carbocycles. The topological polar surface area (TPSA) is 55.4 Å². The van der Waals surface area contributed by atoms with Crippen LogP contribution in [0, 0.1) is 0 Å². The summed E-state index contributed by atoms with van der Waals surface area (Å²) in [5.41, 5.74) is 1.10. The highest BCUT2D eigenvalue weighted by molar-refractivity contribution is 5.13. The minimum absolute atomic E-state index is 0.211. The normalized spacial score (nSPS) is 38.8. The first-order chi connectivity index (χ1) is 11.8. The van der Waals surface area contributed by atoms with Gasteiger partial charge in [0.15, 0.2) is 17.9 Å². The Hall–Kier alpha value is -1.02. The van der Waals surface area contributed by atoms with Gasteiger partial charge in [-0.1, -0.05) is 30.3 Å². The molecule has 0 amide bonds. The van der Waals surface area contributed by atoms with Gasteiger partial charge in [-0.3, -0.25) is 0 Å². The van der Waals surface area contributed by atoms with Crippen LogP contribution >= 0.6 is 0 Å². The zero-order valence-corrected chi connectivity index (χ0v) is 15.1. The molecule has 3 aliphatic rings. The van der Waals surface area contributed by atoms with Crippen LogP contribution in [0.15, 0.2) is 30.3 Å². The molecule has 0 spiro atoms. The second-order valence-electron chi connectivity index (χ2n) is 7.70. The summed E-state index contributed by atoms with van der Waals surface area (Å²) in [6.45, 7) is 8.52. The minimum atomic E-state index is -0.680. The minimum Gasteiger partial charge on any atom is -0.368 e. The third-order valence-corrected chi connectivity index (χ3v) is 4.71. The Morgan fingerprint density at radius 3 is 2.40 bits per heavy atom. The summed E-state index contributed by atoms with van der Waals surface area (Å²) in [5.74, 6) is -1.29. The summed E-state index contributed by atoms with van der Waals surface area (Å²) in [7, 11) is 0. The molecule has 0 N–H and O–H groups in total. The molecule has 4 rings (SSSR count). The van der Waals surface area contributed by atoms with E-state index in [1.54, 1.807) is 0 Å². The first-order valence-corrected chi connectivity index (χ1v) is 8.81. The van der Waals surface area contributed by atoms with E-state index in [-0.39, 0.29) is 24.4 Å². The van der Waals surface area contributed by atoms with Crippen molar-refractivity contribution in [2.24, 2.45) is 0 Å². The van der Waals surface area contributed by atoms with Crippen molar-refractivity contribution in [3.63, 3.8) is 0 Å². The third kappa shape index (κ3) is 3.60. The summed E-state index contributed by atoms with van der Waals surface area (Å²) in [6, 6.07) is 10.1. The van der Waals surface area contributed by atoms with E-state index in [0.29, 0.717) is 13.2 Å². The molecule has 138 valence electrons. The summed E-state index contributed by atoms with van der Waals surface area (Å²) >= 11 is 0. The zero-order valence-electron chi connectivity index (χ0n) is 15.1. The van der Waals surface area contributed by atoms with E-state index in [1.807, 2.05) is 58.0 Å². The van der Waals surface area contributed by atoms with Crippen LogP contribution < -0.4 is 0 Å². The van der Waals surface area contributed by atoms with Gasteiger partial charge in [0.2, 0.25) is 0 Å². The molecule has 3 heterocycles. The van der Waals surface area contributed by atoms with Gasteiger partial charge in [0.1, 0.15) is 24.4 Å². The van der Waals surface area contributed by atoms with E-state index >= 15 is 0 Å². The van der Waals surface area contributed by atoms with Crippen LogP contribution in [0.2, 0.25) is 0 Å². The molecule has 3 aliphatic heterocycles. The van der Waals surface area contributed by atoms with Crippen LogP contribution in [0.25, 0.3) is 0 Å². The SMILES string of the molecule is CC1(C)OCC([C@H]2O[C@@H]3OC(C)(C)O[C@H]3C2OCc2ccccc2)O1. The number of hydrogen-bond donors (Lipinski definition) is 0. The molecule has 0 bridgehead atoms. The molecular formula is C19H26O6. The second-order valence-corrected chi connectivity index (χ2v) is 7.70. The van der Waals surface area contributed by atoms with Gasteiger partial charge in [-0.05, 0) is 33.3 Å². The molecular weight excluding hydrogens is 324 g/mol. The van der Waals surface area contributed by atoms with Crippen LogP contribution in [-0.4, -0.2) is 48.9 Å². The fraction of sp³-hybridized carbons (Fsp3) is 0.684. The van der Waals surface area contributed by atoms with Gasteiger partial charge in [-0.2, -0.15) is 0 Å². The van der Waals surface area contributed by atoms with Crippen molar-refractivity contribution in [2.75, 3.05) is 6.61 Å². The Morgan fingerprint density at radius 1 is 0.960 bits per heavy atom. The number of rotatable bonds is 4. The zero-order chi connectivity index (χ0) is 17.7. The average molecular weight is 350 g/mol. The molecule has 0 aliphatic carbocycles. The lowest BCUT2D eigenvalue weighted by atomic mass is 10.1. The third-order valence-electron chi connectivity index (χ3n) is 4.71. The lowest BCUT2D eigenvalue weighted by Crippen LogP contribution is -2.44. The van der Waals surface area contributed by atoms with Gasteiger partial charge < -0.3 is 28.4 Å². The predicted octanol–water partition coefficient (Wildman–Crippen LogP) is 2.60. The van der Waals surface area contributed by atoms with Crippen LogP contribution in [0.4, 0.5) is 0 Å². The van der Waals surface area contributed by atoms with E-state index < -0.39 is 17.9 Å². The van der Waals surface area contributed by atoms with Gasteiger partial charge in [0.05, 0.1) is 13.2 Å². The average Bonchev–Trinajstić information content (AvgIpc) is 3.15. The van der Waals surface area contributed by atoms with Crippen molar-refractivity contribution in [3.05, 3.63) is 35.9 Å². The van der Waals surface area contributed by atoms with Crippen molar-refractivity contribution < 1.29 is 28.4 Å². The van der Waals surface area contributed by atoms with Crippen molar-refractivity contribution in [2.45, 2.75) is 76.6 Å². The van der Waals surface area contributed by atoms with Gasteiger partial charge >= 0.3 is 0 Å². The quantitative estimate of drug-likeness (QED) is 0.832. The van der Waals surface area contributed by atoms with E-state index in [9.17, 15) is 0 Å². The lowest BCUT2D eigenvalue weighted by Gasteiger charge is -2.29. The first kappa shape index (κ1) is 17.4. The second kappa shape index (κ2) is 6.30. The molecule has 5 atom stereocenters. The molecule has 25 heavy (non-hydrogen) atoms. The summed E-state index contributed by atoms with van der Waals surface area (Å²) in [5, 5.41) is 0. The van der Waals surface area contributed by atoms with Crippen molar-refractivity contribution in [3.8, 4) is 0 Å². The molecule has 3 saturated heterocycles. The van der Waals surface area contributed by atoms with E-state index in [1.165, 1.54) is 0 Å². The van der Waals surface area contributed by atoms with Gasteiger partial charge in [0, 0.05) is 0 Å². The lowest BCUT2D eigenvalue weighted by molar-refractivity contribution is -0.236. The number of fused-ring (bicyclic) bond motifs is 1. The highest BCUT2D eigenvalue weighted by Crippen LogP contribution is 2.42. The highest BCUT2D eigenvalue weighted by atomic mass is 16.8. The van der Waals surface area contributed by atoms with Crippen LogP contribution in [-0.2, 0) is 35.0 Å². The monoisotopic (exact) mass is 350 g/mol. The molecule has 3 fully saturated rings. The van der Waals surface area contributed by atoms with E-state index in [0.717, 1.165) is 5.56 Å². The van der Waals surface area contributed by atoms with E-state index in [2.05, 4.69) is 0 Å². The molecule has 0 aromatic heterocycles. The molecule has 0 radical (unpaired) electrons. The summed E-state index contributed by atoms with van der Waals surface area (Å²) in [4.78, 5) is 0. The standard InChI is InChI=1S/C19H26O6/c1-18(2)21-11-13(23-18)14-15(20-10-12-8-6-5-7-9-12)16-17(22-14)25-19(3,4)24-16/h5-9,13-17H,10-11H2,1-4H3/t13?,14-,15?,16+,17-/m1/s1. The fourth-order valence-electron chi connectivity index (χ4n) is 3.64. The fourth-order valence-corrected chi connectivity index (χ4v) is 3.64. The van der Waals surface area contributed by atoms with Gasteiger partial charge in [-0.25, -0.2) is 0 Å². The van der Waals surface area contributed by atoms with Gasteiger partial charge in [-0.15, -0.1) is 0 Å². The molecule has 2 unspecified atom stereocenters. The number of benzene rings is 1. The predicted molar refractivity (Wildman–Crippen MR) is 88.6 cm³/mol. The Kier molecular flexibility index (Phi) is 4.38. The van der Waals surface area contributed by atoms with Crippen LogP contribution in [0.1, 0.15) is 33.3 Å². The Labute approximate surface area is 148 Å². The molecule has 6 nitrogen and oxygen atoms in total. The van der Waals surface area contributed by atoms with Crippen molar-refractivity contribution in [1.29, 1.82) is 0 Å². The number of hydrogen-bond acceptors (Lipinski definition) is 6. The summed E-state index contributed by atoms with van der Waals surface area (Å²) in [6.07, 6.45) is -1.52. The maximum Gasteiger partial charge on any atom is 0.190 e. The maximum absolute atomic E-state index is 6.22. The maximum atomic E-state index is 6.22. The molecule has 1 aromatic rings. The number of ether oxygens (including phenoxy) is 6. The first-order valence-electron chi connectivity index (χ1n) is 8.81.